The lowest BCUT2D eigenvalue weighted by molar-refractivity contribution is -0.152. The van der Waals surface area contributed by atoms with E-state index in [1.54, 1.807) is 0 Å². The predicted octanol–water partition coefficient (Wildman–Crippen LogP) is 2.96. The fourth-order valence-corrected chi connectivity index (χ4v) is 2.99. The van der Waals surface area contributed by atoms with E-state index in [1.165, 1.54) is 7.11 Å². The summed E-state index contributed by atoms with van der Waals surface area (Å²) in [7, 11) is -0.216. The van der Waals surface area contributed by atoms with Crippen molar-refractivity contribution in [1.82, 2.24) is 0 Å². The van der Waals surface area contributed by atoms with Crippen molar-refractivity contribution in [3.8, 4) is 0 Å². The zero-order chi connectivity index (χ0) is 12.6. The van der Waals surface area contributed by atoms with Gasteiger partial charge in [-0.15, -0.1) is 0 Å². The molecule has 0 aromatic rings. The Morgan fingerprint density at radius 2 is 1.75 bits per heavy atom. The Kier molecular flexibility index (Phi) is 3.85. The molecule has 3 nitrogen and oxygen atoms in total. The predicted molar refractivity (Wildman–Crippen MR) is 66.8 cm³/mol. The summed E-state index contributed by atoms with van der Waals surface area (Å²) in [5.41, 5.74) is 0. The van der Waals surface area contributed by atoms with E-state index in [9.17, 15) is 4.79 Å². The highest BCUT2D eigenvalue weighted by atomic mass is 28.4. The number of hydrogen-bond acceptors (Lipinski definition) is 3. The minimum Gasteiger partial charge on any atom is -0.469 e. The first-order valence-corrected chi connectivity index (χ1v) is 8.84. The van der Waals surface area contributed by atoms with Crippen LogP contribution >= 0.6 is 0 Å². The van der Waals surface area contributed by atoms with Crippen molar-refractivity contribution in [2.75, 3.05) is 7.11 Å². The third-order valence-corrected chi connectivity index (χ3v) is 8.43. The summed E-state index contributed by atoms with van der Waals surface area (Å²) in [6, 6.07) is 0. The SMILES string of the molecule is COC(=O)C1CC(O[Si](C)(C)C(C)(C)C)C1. The van der Waals surface area contributed by atoms with E-state index < -0.39 is 8.32 Å². The first-order valence-electron chi connectivity index (χ1n) is 5.93. The van der Waals surface area contributed by atoms with Gasteiger partial charge in [0.15, 0.2) is 8.32 Å². The highest BCUT2D eigenvalue weighted by Gasteiger charge is 2.44. The Labute approximate surface area is 99.6 Å². The number of carbonyl (C=O) groups excluding carboxylic acids is 1. The summed E-state index contributed by atoms with van der Waals surface area (Å²) in [5, 5.41) is 0.239. The number of methoxy groups -OCH3 is 1. The summed E-state index contributed by atoms with van der Waals surface area (Å²) in [5.74, 6) is -0.0187. The number of esters is 1. The lowest BCUT2D eigenvalue weighted by atomic mass is 9.83. The minimum absolute atomic E-state index is 0.0692. The van der Waals surface area contributed by atoms with Crippen molar-refractivity contribution in [1.29, 1.82) is 0 Å². The van der Waals surface area contributed by atoms with Gasteiger partial charge in [-0.25, -0.2) is 0 Å². The fraction of sp³-hybridized carbons (Fsp3) is 0.917. The summed E-state index contributed by atoms with van der Waals surface area (Å²) in [6.07, 6.45) is 1.93. The molecule has 0 N–H and O–H groups in total. The van der Waals surface area contributed by atoms with Crippen molar-refractivity contribution in [3.63, 3.8) is 0 Å². The molecule has 1 rings (SSSR count). The maximum Gasteiger partial charge on any atom is 0.308 e. The van der Waals surface area contributed by atoms with E-state index in [-0.39, 0.29) is 23.0 Å². The lowest BCUT2D eigenvalue weighted by Crippen LogP contribution is -2.48. The average Bonchev–Trinajstić information content (AvgIpc) is 2.07. The standard InChI is InChI=1S/C12H24O3Si/c1-12(2,3)16(5,6)15-10-7-9(8-10)11(13)14-4/h9-10H,7-8H2,1-6H3. The molecule has 0 amide bonds. The molecule has 0 radical (unpaired) electrons. The molecule has 16 heavy (non-hydrogen) atoms. The van der Waals surface area contributed by atoms with E-state index in [0.29, 0.717) is 0 Å². The second-order valence-corrected chi connectivity index (χ2v) is 10.9. The Morgan fingerprint density at radius 3 is 2.12 bits per heavy atom. The summed E-state index contributed by atoms with van der Waals surface area (Å²) in [6.45, 7) is 11.2. The van der Waals surface area contributed by atoms with Crippen molar-refractivity contribution >= 4 is 14.3 Å². The number of ether oxygens (including phenoxy) is 1. The highest BCUT2D eigenvalue weighted by Crippen LogP contribution is 2.41. The molecule has 1 saturated carbocycles. The normalized spacial score (nSPS) is 26.1. The molecule has 0 heterocycles. The van der Waals surface area contributed by atoms with Crippen molar-refractivity contribution in [2.24, 2.45) is 5.92 Å². The van der Waals surface area contributed by atoms with Gasteiger partial charge in [0.1, 0.15) is 0 Å². The van der Waals surface area contributed by atoms with Crippen LogP contribution in [0.3, 0.4) is 0 Å². The van der Waals surface area contributed by atoms with Crippen LogP contribution in [0, 0.1) is 5.92 Å². The quantitative estimate of drug-likeness (QED) is 0.565. The maximum absolute atomic E-state index is 11.2. The Bertz CT molecular complexity index is 262. The van der Waals surface area contributed by atoms with Gasteiger partial charge in [0.05, 0.1) is 13.0 Å². The van der Waals surface area contributed by atoms with Crippen LogP contribution < -0.4 is 0 Å². The van der Waals surface area contributed by atoms with Gasteiger partial charge in [0.25, 0.3) is 0 Å². The van der Waals surface area contributed by atoms with Crippen LogP contribution in [0.15, 0.2) is 0 Å². The van der Waals surface area contributed by atoms with E-state index in [1.807, 2.05) is 0 Å². The van der Waals surface area contributed by atoms with Gasteiger partial charge in [-0.2, -0.15) is 0 Å². The molecule has 0 aromatic carbocycles. The molecule has 0 bridgehead atoms. The van der Waals surface area contributed by atoms with Crippen LogP contribution in [0.5, 0.6) is 0 Å². The van der Waals surface area contributed by atoms with E-state index in [0.717, 1.165) is 12.8 Å². The molecule has 0 unspecified atom stereocenters. The van der Waals surface area contributed by atoms with Crippen LogP contribution in [0.1, 0.15) is 33.6 Å². The van der Waals surface area contributed by atoms with Crippen LogP contribution in [0.4, 0.5) is 0 Å². The van der Waals surface area contributed by atoms with E-state index in [2.05, 4.69) is 33.9 Å². The lowest BCUT2D eigenvalue weighted by Gasteiger charge is -2.44. The first-order chi connectivity index (χ1) is 7.17. The fourth-order valence-electron chi connectivity index (χ4n) is 1.61. The molecular formula is C12H24O3Si. The minimum atomic E-state index is -1.66. The second kappa shape index (κ2) is 4.49. The molecule has 0 atom stereocenters. The van der Waals surface area contributed by atoms with Gasteiger partial charge in [0, 0.05) is 6.10 Å². The van der Waals surface area contributed by atoms with E-state index in [4.69, 9.17) is 9.16 Å². The molecule has 0 aromatic heterocycles. The van der Waals surface area contributed by atoms with Crippen LogP contribution in [-0.4, -0.2) is 27.5 Å². The number of hydrogen-bond donors (Lipinski definition) is 0. The molecule has 4 heteroatoms. The molecule has 1 aliphatic carbocycles. The Balaban J connectivity index is 2.40. The summed E-state index contributed by atoms with van der Waals surface area (Å²) < 4.78 is 10.9. The zero-order valence-electron chi connectivity index (χ0n) is 11.3. The molecule has 1 aliphatic rings. The monoisotopic (exact) mass is 244 g/mol. The largest absolute Gasteiger partial charge is 0.469 e. The van der Waals surface area contributed by atoms with Crippen molar-refractivity contribution < 1.29 is 14.0 Å². The molecule has 94 valence electrons. The Hall–Kier alpha value is -0.353. The van der Waals surface area contributed by atoms with E-state index >= 15 is 0 Å². The van der Waals surface area contributed by atoms with Gasteiger partial charge < -0.3 is 9.16 Å². The zero-order valence-corrected chi connectivity index (χ0v) is 12.3. The van der Waals surface area contributed by atoms with Crippen molar-refractivity contribution in [2.45, 2.75) is 57.8 Å². The first kappa shape index (κ1) is 13.7. The van der Waals surface area contributed by atoms with Gasteiger partial charge in [0.2, 0.25) is 0 Å². The van der Waals surface area contributed by atoms with Crippen LogP contribution in [-0.2, 0) is 14.0 Å². The molecule has 1 fully saturated rings. The summed E-state index contributed by atoms with van der Waals surface area (Å²) >= 11 is 0. The molecule has 0 spiro atoms. The highest BCUT2D eigenvalue weighted by molar-refractivity contribution is 6.74. The Morgan fingerprint density at radius 1 is 1.25 bits per heavy atom. The second-order valence-electron chi connectivity index (χ2n) is 6.19. The third kappa shape index (κ3) is 2.86. The maximum atomic E-state index is 11.2. The van der Waals surface area contributed by atoms with Gasteiger partial charge in [-0.05, 0) is 31.0 Å². The van der Waals surface area contributed by atoms with Gasteiger partial charge in [-0.3, -0.25) is 4.79 Å². The summed E-state index contributed by atoms with van der Waals surface area (Å²) in [4.78, 5) is 11.2. The smallest absolute Gasteiger partial charge is 0.308 e. The van der Waals surface area contributed by atoms with Crippen LogP contribution in [0.25, 0.3) is 0 Å². The van der Waals surface area contributed by atoms with Gasteiger partial charge in [-0.1, -0.05) is 20.8 Å². The number of rotatable bonds is 3. The average molecular weight is 244 g/mol. The van der Waals surface area contributed by atoms with Crippen molar-refractivity contribution in [3.05, 3.63) is 0 Å². The number of carbonyl (C=O) groups is 1. The topological polar surface area (TPSA) is 35.5 Å². The van der Waals surface area contributed by atoms with Crippen LogP contribution in [0.2, 0.25) is 18.1 Å². The molecule has 0 saturated heterocycles. The van der Waals surface area contributed by atoms with Gasteiger partial charge >= 0.3 is 5.97 Å². The molecular weight excluding hydrogens is 220 g/mol. The third-order valence-electron chi connectivity index (χ3n) is 3.90. The molecule has 0 aliphatic heterocycles.